The van der Waals surface area contributed by atoms with Crippen LogP contribution in [0.25, 0.3) is 0 Å². The zero-order chi connectivity index (χ0) is 21.3. The van der Waals surface area contributed by atoms with Gasteiger partial charge in [-0.1, -0.05) is 37.3 Å². The van der Waals surface area contributed by atoms with Crippen molar-refractivity contribution >= 4 is 23.8 Å². The summed E-state index contributed by atoms with van der Waals surface area (Å²) in [5.41, 5.74) is 2.35. The Labute approximate surface area is 185 Å². The first-order chi connectivity index (χ1) is 14.6. The molecule has 0 radical (unpaired) electrons. The maximum absolute atomic E-state index is 12.6. The normalized spacial score (nSPS) is 15.3. The molecule has 1 aliphatic heterocycles. The Morgan fingerprint density at radius 1 is 1.07 bits per heavy atom. The molecule has 0 unspecified atom stereocenters. The van der Waals surface area contributed by atoms with E-state index in [1.165, 1.54) is 17.8 Å². The second-order valence-electron chi connectivity index (χ2n) is 7.89. The van der Waals surface area contributed by atoms with Crippen molar-refractivity contribution < 1.29 is 8.98 Å². The number of hydrogen-bond donors (Lipinski definition) is 0. The van der Waals surface area contributed by atoms with E-state index in [9.17, 15) is 4.79 Å². The first-order valence-electron chi connectivity index (χ1n) is 10.8. The summed E-state index contributed by atoms with van der Waals surface area (Å²) in [7, 11) is 3.92. The van der Waals surface area contributed by atoms with Gasteiger partial charge in [-0.05, 0) is 49.1 Å². The molecule has 1 aliphatic rings. The smallest absolute Gasteiger partial charge is 0.226 e. The van der Waals surface area contributed by atoms with Gasteiger partial charge in [0.05, 0.1) is 0 Å². The molecule has 6 heteroatoms. The molecule has 0 N–H and O–H groups in total. The monoisotopic (exact) mass is 427 g/mol. The number of nitrogens with zero attached hydrogens (tertiary/aromatic N) is 3. The molecule has 3 rings (SSSR count). The van der Waals surface area contributed by atoms with Crippen LogP contribution in [0.3, 0.4) is 0 Å². The second-order valence-corrected chi connectivity index (χ2v) is 8.94. The molecule has 0 atom stereocenters. The lowest BCUT2D eigenvalue weighted by molar-refractivity contribution is -0.119. The average molecular weight is 428 g/mol. The zero-order valence-corrected chi connectivity index (χ0v) is 19.1. The maximum Gasteiger partial charge on any atom is 0.226 e. The van der Waals surface area contributed by atoms with E-state index in [-0.39, 0.29) is 5.91 Å². The zero-order valence-electron chi connectivity index (χ0n) is 18.3. The van der Waals surface area contributed by atoms with Crippen molar-refractivity contribution in [2.45, 2.75) is 38.6 Å². The van der Waals surface area contributed by atoms with Gasteiger partial charge < -0.3 is 14.0 Å². The molecule has 0 saturated carbocycles. The van der Waals surface area contributed by atoms with Gasteiger partial charge >= 0.3 is 0 Å². The number of amides is 1. The Bertz CT molecular complexity index is 775. The minimum atomic E-state index is 0.217. The van der Waals surface area contributed by atoms with Crippen LogP contribution >= 0.6 is 12.2 Å². The fraction of sp³-hybridized carbons (Fsp3) is 0.458. The lowest BCUT2D eigenvalue weighted by Crippen LogP contribution is -2.47. The third kappa shape index (κ3) is 6.49. The van der Waals surface area contributed by atoms with Gasteiger partial charge in [-0.3, -0.25) is 4.79 Å². The van der Waals surface area contributed by atoms with Crippen LogP contribution in [0.4, 0.5) is 5.69 Å². The van der Waals surface area contributed by atoms with Crippen LogP contribution in [-0.4, -0.2) is 54.9 Å². The van der Waals surface area contributed by atoms with Crippen LogP contribution in [-0.2, 0) is 11.2 Å². The third-order valence-electron chi connectivity index (χ3n) is 5.45. The van der Waals surface area contributed by atoms with Gasteiger partial charge in [0.2, 0.25) is 5.91 Å². The van der Waals surface area contributed by atoms with Crippen LogP contribution in [0, 0.1) is 0 Å². The first-order valence-corrected chi connectivity index (χ1v) is 11.5. The number of carbonyl (C=O) groups excluding carboxylic acids is 1. The summed E-state index contributed by atoms with van der Waals surface area (Å²) in [4.78, 5) is 17.2. The molecule has 2 aromatic rings. The standard InChI is InChI=1S/C24H33N3O2S/c1-4-24(28)27(21-8-6-5-7-9-21)22-15-18-26(19-16-22)17-14-20-10-12-23(13-11-20)29-30-25(2)3/h5-13,22H,4,14-19H2,1-3H3. The van der Waals surface area contributed by atoms with Crippen molar-refractivity contribution in [3.63, 3.8) is 0 Å². The lowest BCUT2D eigenvalue weighted by atomic mass is 10.0. The molecular weight excluding hydrogens is 394 g/mol. The number of likely N-dealkylation sites (tertiary alicyclic amines) is 1. The van der Waals surface area contributed by atoms with E-state index in [0.29, 0.717) is 12.5 Å². The molecule has 1 amide bonds. The predicted octanol–water partition coefficient (Wildman–Crippen LogP) is 4.64. The molecule has 1 saturated heterocycles. The Morgan fingerprint density at radius 3 is 2.33 bits per heavy atom. The molecule has 0 spiro atoms. The third-order valence-corrected chi connectivity index (χ3v) is 6.02. The van der Waals surface area contributed by atoms with E-state index in [1.54, 1.807) is 0 Å². The van der Waals surface area contributed by atoms with Crippen LogP contribution in [0.5, 0.6) is 5.75 Å². The van der Waals surface area contributed by atoms with E-state index >= 15 is 0 Å². The molecule has 1 heterocycles. The number of anilines is 1. The Hall–Kier alpha value is -2.02. The van der Waals surface area contributed by atoms with Crippen molar-refractivity contribution in [3.05, 3.63) is 60.2 Å². The van der Waals surface area contributed by atoms with Gasteiger partial charge in [0.25, 0.3) is 0 Å². The lowest BCUT2D eigenvalue weighted by Gasteiger charge is -2.38. The van der Waals surface area contributed by atoms with E-state index in [0.717, 1.165) is 50.3 Å². The van der Waals surface area contributed by atoms with Crippen molar-refractivity contribution in [1.82, 2.24) is 9.21 Å². The summed E-state index contributed by atoms with van der Waals surface area (Å²) < 4.78 is 7.54. The Balaban J connectivity index is 1.48. The largest absolute Gasteiger partial charge is 0.409 e. The highest BCUT2D eigenvalue weighted by Gasteiger charge is 2.28. The summed E-state index contributed by atoms with van der Waals surface area (Å²) >= 11 is 1.33. The number of carbonyl (C=O) groups is 1. The number of benzene rings is 2. The highest BCUT2D eigenvalue weighted by atomic mass is 32.2. The number of hydrogen-bond acceptors (Lipinski definition) is 5. The van der Waals surface area contributed by atoms with Crippen LogP contribution < -0.4 is 9.08 Å². The van der Waals surface area contributed by atoms with E-state index in [4.69, 9.17) is 4.18 Å². The summed E-state index contributed by atoms with van der Waals surface area (Å²) in [6, 6.07) is 18.8. The highest BCUT2D eigenvalue weighted by molar-refractivity contribution is 7.92. The van der Waals surface area contributed by atoms with Crippen molar-refractivity contribution in [3.8, 4) is 5.75 Å². The van der Waals surface area contributed by atoms with Gasteiger partial charge in [0.15, 0.2) is 0 Å². The van der Waals surface area contributed by atoms with Gasteiger partial charge in [0, 0.05) is 51.9 Å². The number of rotatable bonds is 9. The van der Waals surface area contributed by atoms with Gasteiger partial charge in [-0.25, -0.2) is 4.31 Å². The van der Waals surface area contributed by atoms with Gasteiger partial charge in [-0.15, -0.1) is 0 Å². The molecule has 0 aliphatic carbocycles. The van der Waals surface area contributed by atoms with Crippen LogP contribution in [0.2, 0.25) is 0 Å². The molecule has 30 heavy (non-hydrogen) atoms. The van der Waals surface area contributed by atoms with Crippen molar-refractivity contribution in [1.29, 1.82) is 0 Å². The van der Waals surface area contributed by atoms with E-state index in [1.807, 2.05) is 72.7 Å². The fourth-order valence-electron chi connectivity index (χ4n) is 3.83. The second kappa shape index (κ2) is 11.4. The Morgan fingerprint density at radius 2 is 1.73 bits per heavy atom. The Kier molecular flexibility index (Phi) is 8.61. The van der Waals surface area contributed by atoms with Crippen LogP contribution in [0.15, 0.2) is 54.6 Å². The summed E-state index contributed by atoms with van der Waals surface area (Å²) in [6.45, 7) is 5.06. The fourth-order valence-corrected chi connectivity index (χ4v) is 4.18. The minimum Gasteiger partial charge on any atom is -0.409 e. The summed E-state index contributed by atoms with van der Waals surface area (Å²) in [5, 5.41) is 0. The summed E-state index contributed by atoms with van der Waals surface area (Å²) in [6.07, 6.45) is 3.62. The predicted molar refractivity (Wildman–Crippen MR) is 126 cm³/mol. The minimum absolute atomic E-state index is 0.217. The number of para-hydroxylation sites is 1. The van der Waals surface area contributed by atoms with Gasteiger partial charge in [-0.2, -0.15) is 0 Å². The molecule has 2 aromatic carbocycles. The van der Waals surface area contributed by atoms with E-state index in [2.05, 4.69) is 17.0 Å². The molecule has 5 nitrogen and oxygen atoms in total. The average Bonchev–Trinajstić information content (AvgIpc) is 2.78. The SMILES string of the molecule is CCC(=O)N(c1ccccc1)C1CCN(CCc2ccc(OSN(C)C)cc2)CC1. The molecule has 0 bridgehead atoms. The topological polar surface area (TPSA) is 36.0 Å². The van der Waals surface area contributed by atoms with Gasteiger partial charge in [0.1, 0.15) is 18.0 Å². The number of piperidine rings is 1. The molecule has 162 valence electrons. The first kappa shape index (κ1) is 22.7. The highest BCUT2D eigenvalue weighted by Crippen LogP contribution is 2.25. The maximum atomic E-state index is 12.6. The molecule has 1 fully saturated rings. The molecular formula is C24H33N3O2S. The van der Waals surface area contributed by atoms with Crippen molar-refractivity contribution in [2.24, 2.45) is 0 Å². The van der Waals surface area contributed by atoms with Crippen LogP contribution in [0.1, 0.15) is 31.7 Å². The van der Waals surface area contributed by atoms with E-state index < -0.39 is 0 Å². The summed E-state index contributed by atoms with van der Waals surface area (Å²) in [5.74, 6) is 1.09. The quantitative estimate of drug-likeness (QED) is 0.430. The molecule has 0 aromatic heterocycles. The van der Waals surface area contributed by atoms with Crippen molar-refractivity contribution in [2.75, 3.05) is 38.6 Å².